The Balaban J connectivity index is 1.63. The minimum absolute atomic E-state index is 0.294. The molecule has 160 valence electrons. The minimum atomic E-state index is -0.634. The number of nitrogens with one attached hydrogen (secondary N) is 1. The van der Waals surface area contributed by atoms with Gasteiger partial charge in [-0.3, -0.25) is 4.79 Å². The molecule has 3 aromatic rings. The molecule has 1 saturated heterocycles. The van der Waals surface area contributed by atoms with Gasteiger partial charge in [-0.1, -0.05) is 35.9 Å². The molecule has 3 atom stereocenters. The van der Waals surface area contributed by atoms with E-state index >= 15 is 0 Å². The summed E-state index contributed by atoms with van der Waals surface area (Å²) in [5.41, 5.74) is 1.37. The van der Waals surface area contributed by atoms with Crippen molar-refractivity contribution in [3.63, 3.8) is 0 Å². The summed E-state index contributed by atoms with van der Waals surface area (Å²) in [7, 11) is 0. The highest BCUT2D eigenvalue weighted by Crippen LogP contribution is 2.44. The molecule has 1 N–H and O–H groups in total. The highest BCUT2D eigenvalue weighted by atomic mass is 35.5. The highest BCUT2D eigenvalue weighted by molar-refractivity contribution is 6.30. The molecule has 1 fully saturated rings. The Morgan fingerprint density at radius 3 is 2.23 bits per heavy atom. The van der Waals surface area contributed by atoms with Gasteiger partial charge in [0.25, 0.3) is 5.91 Å². The Morgan fingerprint density at radius 2 is 1.58 bits per heavy atom. The molecule has 3 nitrogen and oxygen atoms in total. The summed E-state index contributed by atoms with van der Waals surface area (Å²) >= 11 is 6.03. The quantitative estimate of drug-likeness (QED) is 0.508. The van der Waals surface area contributed by atoms with Crippen molar-refractivity contribution in [3.05, 3.63) is 106 Å². The summed E-state index contributed by atoms with van der Waals surface area (Å²) in [6.45, 7) is 1.95. The van der Waals surface area contributed by atoms with Crippen LogP contribution in [-0.4, -0.2) is 11.4 Å². The molecule has 0 radical (unpaired) electrons. The summed E-state index contributed by atoms with van der Waals surface area (Å²) in [6.07, 6.45) is 0.252. The number of hydrogen-bond acceptors (Lipinski definition) is 2. The van der Waals surface area contributed by atoms with Crippen molar-refractivity contribution in [2.45, 2.75) is 37.5 Å². The topological polar surface area (TPSA) is 38.3 Å². The molecule has 0 aromatic heterocycles. The maximum Gasteiger partial charge on any atom is 0.251 e. The number of carbonyl (C=O) groups excluding carboxylic acids is 1. The lowest BCUT2D eigenvalue weighted by Crippen LogP contribution is -2.50. The van der Waals surface area contributed by atoms with Gasteiger partial charge >= 0.3 is 0 Å². The third-order valence-corrected chi connectivity index (χ3v) is 5.84. The number of benzene rings is 3. The van der Waals surface area contributed by atoms with Crippen LogP contribution < -0.4 is 5.32 Å². The van der Waals surface area contributed by atoms with Crippen LogP contribution in [0.15, 0.2) is 72.8 Å². The lowest BCUT2D eigenvalue weighted by molar-refractivity contribution is -0.0852. The van der Waals surface area contributed by atoms with E-state index in [1.165, 1.54) is 36.4 Å². The van der Waals surface area contributed by atoms with E-state index < -0.39 is 17.5 Å². The van der Waals surface area contributed by atoms with Gasteiger partial charge in [-0.05, 0) is 66.6 Å². The molecule has 4 rings (SSSR count). The van der Waals surface area contributed by atoms with E-state index in [-0.39, 0.29) is 17.8 Å². The molecule has 0 spiro atoms. The van der Waals surface area contributed by atoms with Crippen molar-refractivity contribution in [1.29, 1.82) is 0 Å². The average Bonchev–Trinajstić information content (AvgIpc) is 2.74. The fourth-order valence-corrected chi connectivity index (χ4v) is 4.15. The largest absolute Gasteiger partial charge is 0.365 e. The third kappa shape index (κ3) is 5.12. The van der Waals surface area contributed by atoms with Gasteiger partial charge in [-0.2, -0.15) is 0 Å². The smallest absolute Gasteiger partial charge is 0.251 e. The maximum absolute atomic E-state index is 13.9. The summed E-state index contributed by atoms with van der Waals surface area (Å²) < 4.78 is 33.4. The fourth-order valence-electron chi connectivity index (χ4n) is 4.02. The molecule has 1 aliphatic rings. The van der Waals surface area contributed by atoms with Crippen LogP contribution in [0.1, 0.15) is 53.5 Å². The molecule has 3 aromatic carbocycles. The van der Waals surface area contributed by atoms with E-state index in [1.807, 2.05) is 25.1 Å². The molecule has 1 heterocycles. The number of hydrogen-bond donors (Lipinski definition) is 1. The lowest BCUT2D eigenvalue weighted by atomic mass is 9.81. The summed E-state index contributed by atoms with van der Waals surface area (Å²) in [4.78, 5) is 12.9. The van der Waals surface area contributed by atoms with Crippen LogP contribution in [0.3, 0.4) is 0 Å². The van der Waals surface area contributed by atoms with Crippen molar-refractivity contribution < 1.29 is 18.3 Å². The van der Waals surface area contributed by atoms with Crippen LogP contribution in [0.25, 0.3) is 0 Å². The van der Waals surface area contributed by atoms with Gasteiger partial charge in [0, 0.05) is 29.0 Å². The van der Waals surface area contributed by atoms with E-state index in [4.69, 9.17) is 16.3 Å². The van der Waals surface area contributed by atoms with Gasteiger partial charge in [-0.15, -0.1) is 0 Å². The van der Waals surface area contributed by atoms with E-state index in [9.17, 15) is 13.6 Å². The number of rotatable bonds is 4. The Hall–Kier alpha value is -2.76. The molecule has 0 aliphatic carbocycles. The molecular formula is C25H22ClF2NO2. The van der Waals surface area contributed by atoms with Gasteiger partial charge in [0.05, 0.1) is 12.2 Å². The van der Waals surface area contributed by atoms with E-state index in [2.05, 4.69) is 5.32 Å². The normalized spacial score (nSPS) is 23.4. The lowest BCUT2D eigenvalue weighted by Gasteiger charge is -2.43. The SMILES string of the molecule is C[C@]1(NC(=O)c2ccc(F)cc2)C[C@@H](c2ccc(Cl)cc2)O[C@@H](c2cccc(F)c2)C1. The monoisotopic (exact) mass is 441 g/mol. The highest BCUT2D eigenvalue weighted by Gasteiger charge is 2.40. The first-order valence-electron chi connectivity index (χ1n) is 10.1. The molecule has 1 aliphatic heterocycles. The zero-order valence-corrected chi connectivity index (χ0v) is 17.7. The molecule has 0 saturated carbocycles. The second kappa shape index (κ2) is 8.77. The van der Waals surface area contributed by atoms with Gasteiger partial charge in [0.15, 0.2) is 0 Å². The van der Waals surface area contributed by atoms with Crippen LogP contribution >= 0.6 is 11.6 Å². The molecular weight excluding hydrogens is 420 g/mol. The van der Waals surface area contributed by atoms with Crippen LogP contribution in [0.2, 0.25) is 5.02 Å². The van der Waals surface area contributed by atoms with Crippen LogP contribution in [0.4, 0.5) is 8.78 Å². The van der Waals surface area contributed by atoms with Crippen molar-refractivity contribution >= 4 is 17.5 Å². The third-order valence-electron chi connectivity index (χ3n) is 5.58. The van der Waals surface area contributed by atoms with Gasteiger partial charge < -0.3 is 10.1 Å². The number of ether oxygens (including phenoxy) is 1. The number of halogens is 3. The van der Waals surface area contributed by atoms with E-state index in [1.54, 1.807) is 18.2 Å². The summed E-state index contributed by atoms with van der Waals surface area (Å²) in [6, 6.07) is 19.1. The van der Waals surface area contributed by atoms with Gasteiger partial charge in [0.1, 0.15) is 11.6 Å². The second-order valence-electron chi connectivity index (χ2n) is 8.15. The first kappa shape index (κ1) is 21.5. The van der Waals surface area contributed by atoms with E-state index in [0.717, 1.165) is 5.56 Å². The minimum Gasteiger partial charge on any atom is -0.365 e. The fraction of sp³-hybridized carbons (Fsp3) is 0.240. The zero-order valence-electron chi connectivity index (χ0n) is 16.9. The van der Waals surface area contributed by atoms with Crippen LogP contribution in [0, 0.1) is 11.6 Å². The number of amides is 1. The van der Waals surface area contributed by atoms with Crippen molar-refractivity contribution in [3.8, 4) is 0 Å². The first-order valence-corrected chi connectivity index (χ1v) is 10.4. The molecule has 0 unspecified atom stereocenters. The average molecular weight is 442 g/mol. The van der Waals surface area contributed by atoms with Crippen LogP contribution in [-0.2, 0) is 4.74 Å². The Labute approximate surface area is 185 Å². The Morgan fingerprint density at radius 1 is 0.935 bits per heavy atom. The van der Waals surface area contributed by atoms with Crippen molar-refractivity contribution in [1.82, 2.24) is 5.32 Å². The van der Waals surface area contributed by atoms with Gasteiger partial charge in [0.2, 0.25) is 0 Å². The predicted octanol–water partition coefficient (Wildman–Crippen LogP) is 6.40. The Bertz CT molecular complexity index is 1070. The zero-order chi connectivity index (χ0) is 22.0. The van der Waals surface area contributed by atoms with E-state index in [0.29, 0.717) is 29.0 Å². The maximum atomic E-state index is 13.9. The van der Waals surface area contributed by atoms with Crippen molar-refractivity contribution in [2.24, 2.45) is 0 Å². The van der Waals surface area contributed by atoms with Crippen LogP contribution in [0.5, 0.6) is 0 Å². The van der Waals surface area contributed by atoms with Gasteiger partial charge in [-0.25, -0.2) is 8.78 Å². The molecule has 0 bridgehead atoms. The molecule has 31 heavy (non-hydrogen) atoms. The molecule has 1 amide bonds. The Kier molecular flexibility index (Phi) is 6.08. The summed E-state index contributed by atoms with van der Waals surface area (Å²) in [5.74, 6) is -1.04. The van der Waals surface area contributed by atoms with Crippen molar-refractivity contribution in [2.75, 3.05) is 0 Å². The first-order chi connectivity index (χ1) is 14.8. The molecule has 6 heteroatoms. The number of carbonyl (C=O) groups is 1. The second-order valence-corrected chi connectivity index (χ2v) is 8.59. The summed E-state index contributed by atoms with van der Waals surface area (Å²) in [5, 5.41) is 3.71. The standard InChI is InChI=1S/C25H22ClF2NO2/c1-25(29-24(30)17-7-11-20(27)12-8-17)14-22(16-5-9-19(26)10-6-16)31-23(15-25)18-3-2-4-21(28)13-18/h2-13,22-23H,14-15H2,1H3,(H,29,30)/t22-,23+,25-/m0/s1. The predicted molar refractivity (Wildman–Crippen MR) is 116 cm³/mol.